The molecule has 5 rings (SSSR count). The molecule has 0 bridgehead atoms. The molecule has 13 heteroatoms. The summed E-state index contributed by atoms with van der Waals surface area (Å²) in [6.45, 7) is 4.36. The molecular formula is C24H22ClF4N7O. The topological polar surface area (TPSA) is 73.8 Å². The lowest BCUT2D eigenvalue weighted by molar-refractivity contribution is -0.146. The van der Waals surface area contributed by atoms with Gasteiger partial charge in [0.25, 0.3) is 0 Å². The second kappa shape index (κ2) is 9.02. The average molecular weight is 536 g/mol. The molecule has 0 aliphatic carbocycles. The molecule has 1 aromatic carbocycles. The lowest BCUT2D eigenvalue weighted by atomic mass is 10.1. The summed E-state index contributed by atoms with van der Waals surface area (Å²) < 4.78 is 58.6. The molecule has 1 aliphatic heterocycles. The van der Waals surface area contributed by atoms with Crippen LogP contribution in [0.25, 0.3) is 22.6 Å². The Labute approximate surface area is 214 Å². The number of hydrogen-bond acceptors (Lipinski definition) is 4. The van der Waals surface area contributed by atoms with Crippen LogP contribution in [-0.2, 0) is 31.1 Å². The van der Waals surface area contributed by atoms with E-state index in [9.17, 15) is 22.4 Å². The highest BCUT2D eigenvalue weighted by molar-refractivity contribution is 6.33. The third-order valence-corrected chi connectivity index (χ3v) is 6.41. The second-order valence-electron chi connectivity index (χ2n) is 9.09. The van der Waals surface area contributed by atoms with E-state index in [0.717, 1.165) is 10.8 Å². The zero-order chi connectivity index (χ0) is 26.6. The van der Waals surface area contributed by atoms with Gasteiger partial charge in [0.1, 0.15) is 23.0 Å². The molecule has 0 radical (unpaired) electrons. The fraction of sp³-hybridized carbons (Fsp3) is 0.333. The number of anilines is 1. The zero-order valence-corrected chi connectivity index (χ0v) is 20.8. The molecule has 37 heavy (non-hydrogen) atoms. The Morgan fingerprint density at radius 1 is 1.16 bits per heavy atom. The third-order valence-electron chi connectivity index (χ3n) is 6.14. The zero-order valence-electron chi connectivity index (χ0n) is 20.1. The van der Waals surface area contributed by atoms with Gasteiger partial charge in [0, 0.05) is 37.3 Å². The highest BCUT2D eigenvalue weighted by Crippen LogP contribution is 2.35. The molecule has 0 N–H and O–H groups in total. The average Bonchev–Trinajstić information content (AvgIpc) is 3.51. The van der Waals surface area contributed by atoms with Crippen LogP contribution in [0.15, 0.2) is 36.7 Å². The molecule has 0 saturated heterocycles. The summed E-state index contributed by atoms with van der Waals surface area (Å²) >= 11 is 6.38. The SMILES string of the molecule is CC(C)n1ncc(Cl)c1-c1cc2n(n1)CCC(=O)N2Cc1ccc(-c2cn(C)c(C(F)(F)F)n2)c(F)c1. The molecule has 0 spiro atoms. The Balaban J connectivity index is 1.45. The molecule has 0 unspecified atom stereocenters. The maximum absolute atomic E-state index is 15.0. The van der Waals surface area contributed by atoms with Crippen LogP contribution in [-0.4, -0.2) is 35.0 Å². The van der Waals surface area contributed by atoms with Crippen molar-refractivity contribution in [2.24, 2.45) is 7.05 Å². The summed E-state index contributed by atoms with van der Waals surface area (Å²) in [5.41, 5.74) is 1.46. The van der Waals surface area contributed by atoms with Crippen molar-refractivity contribution in [3.05, 3.63) is 58.9 Å². The van der Waals surface area contributed by atoms with Crippen molar-refractivity contribution in [1.82, 2.24) is 29.1 Å². The van der Waals surface area contributed by atoms with Gasteiger partial charge in [-0.25, -0.2) is 14.1 Å². The Hall–Kier alpha value is -3.67. The van der Waals surface area contributed by atoms with Gasteiger partial charge >= 0.3 is 6.18 Å². The van der Waals surface area contributed by atoms with E-state index in [1.54, 1.807) is 27.7 Å². The van der Waals surface area contributed by atoms with Crippen LogP contribution in [0.4, 0.5) is 23.4 Å². The predicted octanol–water partition coefficient (Wildman–Crippen LogP) is 5.48. The molecule has 8 nitrogen and oxygen atoms in total. The number of benzene rings is 1. The standard InChI is InChI=1S/C24H22ClF4N7O/c1-13(2)36-22(16(25)10-30-36)18-9-20-34(21(37)6-7-35(20)32-18)11-14-4-5-15(17(26)8-14)19-12-33(3)23(31-19)24(27,28)29/h4-5,8-10,12-13H,6-7,11H2,1-3H3. The Kier molecular flexibility index (Phi) is 6.09. The molecule has 1 amide bonds. The normalized spacial score (nSPS) is 14.1. The third kappa shape index (κ3) is 4.50. The van der Waals surface area contributed by atoms with Crippen LogP contribution in [0.3, 0.4) is 0 Å². The van der Waals surface area contributed by atoms with Gasteiger partial charge in [0.05, 0.1) is 30.0 Å². The monoisotopic (exact) mass is 535 g/mol. The van der Waals surface area contributed by atoms with Crippen molar-refractivity contribution >= 4 is 23.3 Å². The summed E-state index contributed by atoms with van der Waals surface area (Å²) in [6, 6.07) is 5.91. The number of imidazole rings is 1. The highest BCUT2D eigenvalue weighted by atomic mass is 35.5. The van der Waals surface area contributed by atoms with Gasteiger partial charge in [-0.1, -0.05) is 17.7 Å². The number of hydrogen-bond donors (Lipinski definition) is 0. The van der Waals surface area contributed by atoms with E-state index in [0.29, 0.717) is 34.3 Å². The van der Waals surface area contributed by atoms with Gasteiger partial charge in [-0.15, -0.1) is 0 Å². The number of carbonyl (C=O) groups excluding carboxylic acids is 1. The van der Waals surface area contributed by atoms with Gasteiger partial charge in [-0.3, -0.25) is 14.4 Å². The van der Waals surface area contributed by atoms with Crippen molar-refractivity contribution in [3.63, 3.8) is 0 Å². The second-order valence-corrected chi connectivity index (χ2v) is 9.50. The van der Waals surface area contributed by atoms with Crippen LogP contribution in [0, 0.1) is 5.82 Å². The fourth-order valence-corrected chi connectivity index (χ4v) is 4.64. The van der Waals surface area contributed by atoms with Crippen LogP contribution in [0.2, 0.25) is 5.02 Å². The molecule has 0 saturated carbocycles. The number of fused-ring (bicyclic) bond motifs is 1. The van der Waals surface area contributed by atoms with Crippen molar-refractivity contribution in [2.45, 2.75) is 45.6 Å². The molecule has 4 heterocycles. The minimum atomic E-state index is -4.66. The first-order valence-corrected chi connectivity index (χ1v) is 11.8. The van der Waals surface area contributed by atoms with Crippen LogP contribution in [0.1, 0.15) is 37.7 Å². The van der Waals surface area contributed by atoms with Crippen molar-refractivity contribution in [3.8, 4) is 22.6 Å². The molecule has 0 atom stereocenters. The first-order valence-electron chi connectivity index (χ1n) is 11.4. The van der Waals surface area contributed by atoms with Crippen molar-refractivity contribution in [1.29, 1.82) is 0 Å². The van der Waals surface area contributed by atoms with E-state index < -0.39 is 17.8 Å². The van der Waals surface area contributed by atoms with E-state index in [-0.39, 0.29) is 36.2 Å². The largest absolute Gasteiger partial charge is 0.449 e. The summed E-state index contributed by atoms with van der Waals surface area (Å²) in [4.78, 5) is 17.9. The van der Waals surface area contributed by atoms with E-state index in [4.69, 9.17) is 11.6 Å². The van der Waals surface area contributed by atoms with Gasteiger partial charge < -0.3 is 4.57 Å². The fourth-order valence-electron chi connectivity index (χ4n) is 4.42. The Morgan fingerprint density at radius 3 is 2.57 bits per heavy atom. The van der Waals surface area contributed by atoms with E-state index in [2.05, 4.69) is 15.2 Å². The van der Waals surface area contributed by atoms with Gasteiger partial charge in [-0.2, -0.15) is 23.4 Å². The van der Waals surface area contributed by atoms with Gasteiger partial charge in [-0.05, 0) is 31.5 Å². The number of nitrogens with zero attached hydrogens (tertiary/aromatic N) is 7. The lowest BCUT2D eigenvalue weighted by Gasteiger charge is -2.27. The maximum Gasteiger partial charge on any atom is 0.449 e. The van der Waals surface area contributed by atoms with Crippen LogP contribution in [0.5, 0.6) is 0 Å². The maximum atomic E-state index is 15.0. The van der Waals surface area contributed by atoms with Crippen molar-refractivity contribution in [2.75, 3.05) is 4.90 Å². The predicted molar refractivity (Wildman–Crippen MR) is 128 cm³/mol. The van der Waals surface area contributed by atoms with Gasteiger partial charge in [0.15, 0.2) is 0 Å². The molecule has 3 aromatic heterocycles. The van der Waals surface area contributed by atoms with E-state index >= 15 is 0 Å². The van der Waals surface area contributed by atoms with Gasteiger partial charge in [0.2, 0.25) is 11.7 Å². The highest BCUT2D eigenvalue weighted by Gasteiger charge is 2.36. The number of rotatable bonds is 5. The summed E-state index contributed by atoms with van der Waals surface area (Å²) in [6.07, 6.45) is -1.78. The number of aromatic nitrogens is 6. The minimum absolute atomic E-state index is 0.0340. The van der Waals surface area contributed by atoms with E-state index in [1.807, 2.05) is 13.8 Å². The molecule has 1 aliphatic rings. The molecule has 0 fully saturated rings. The molecule has 194 valence electrons. The Morgan fingerprint density at radius 2 is 1.92 bits per heavy atom. The summed E-state index contributed by atoms with van der Waals surface area (Å²) in [7, 11) is 1.20. The smallest absolute Gasteiger partial charge is 0.330 e. The quantitative estimate of drug-likeness (QED) is 0.317. The first kappa shape index (κ1) is 25.0. The van der Waals surface area contributed by atoms with Crippen molar-refractivity contribution < 1.29 is 22.4 Å². The number of aryl methyl sites for hydroxylation is 2. The minimum Gasteiger partial charge on any atom is -0.330 e. The van der Waals surface area contributed by atoms with Crippen LogP contribution < -0.4 is 4.90 Å². The number of amides is 1. The lowest BCUT2D eigenvalue weighted by Crippen LogP contribution is -2.36. The number of halogens is 5. The van der Waals surface area contributed by atoms with Crippen LogP contribution >= 0.6 is 11.6 Å². The molecular weight excluding hydrogens is 514 g/mol. The summed E-state index contributed by atoms with van der Waals surface area (Å²) in [5.74, 6) is -1.49. The number of carbonyl (C=O) groups is 1. The first-order chi connectivity index (χ1) is 17.4. The van der Waals surface area contributed by atoms with E-state index in [1.165, 1.54) is 24.1 Å². The number of alkyl halides is 3. The Bertz CT molecular complexity index is 1500. The molecule has 4 aromatic rings. The summed E-state index contributed by atoms with van der Waals surface area (Å²) in [5, 5.41) is 9.37.